The Bertz CT molecular complexity index is 821. The summed E-state index contributed by atoms with van der Waals surface area (Å²) in [7, 11) is 0. The van der Waals surface area contributed by atoms with E-state index in [9.17, 15) is 9.59 Å². The maximum Gasteiger partial charge on any atom is 0.307 e. The molecule has 0 unspecified atom stereocenters. The highest BCUT2D eigenvalue weighted by Gasteiger charge is 2.16. The average molecular weight is 287 g/mol. The minimum absolute atomic E-state index is 0.0226. The second-order valence-corrected chi connectivity index (χ2v) is 5.83. The van der Waals surface area contributed by atoms with Crippen LogP contribution in [-0.2, 0) is 6.54 Å². The van der Waals surface area contributed by atoms with Crippen molar-refractivity contribution in [2.24, 2.45) is 0 Å². The van der Waals surface area contributed by atoms with E-state index in [1.807, 2.05) is 38.1 Å². The van der Waals surface area contributed by atoms with Crippen molar-refractivity contribution in [1.82, 2.24) is 4.57 Å². The lowest BCUT2D eigenvalue weighted by Crippen LogP contribution is -2.20. The molecule has 0 amide bonds. The molecule has 0 saturated carbocycles. The van der Waals surface area contributed by atoms with Crippen LogP contribution < -0.4 is 4.87 Å². The molecule has 5 heteroatoms. The third-order valence-corrected chi connectivity index (χ3v) is 4.37. The smallest absolute Gasteiger partial charge is 0.307 e. The van der Waals surface area contributed by atoms with E-state index in [1.54, 1.807) is 6.07 Å². The van der Waals surface area contributed by atoms with Crippen molar-refractivity contribution >= 4 is 28.1 Å². The van der Waals surface area contributed by atoms with Gasteiger partial charge >= 0.3 is 4.87 Å². The highest BCUT2D eigenvalue weighted by Crippen LogP contribution is 2.20. The molecule has 4 nitrogen and oxygen atoms in total. The van der Waals surface area contributed by atoms with Crippen molar-refractivity contribution in [1.29, 1.82) is 0 Å². The monoisotopic (exact) mass is 287 g/mol. The second kappa shape index (κ2) is 4.76. The summed E-state index contributed by atoms with van der Waals surface area (Å²) in [5, 5.41) is 0.890. The van der Waals surface area contributed by atoms with E-state index < -0.39 is 0 Å². The summed E-state index contributed by atoms with van der Waals surface area (Å²) in [6.45, 7) is 3.75. The molecule has 2 heterocycles. The van der Waals surface area contributed by atoms with Crippen molar-refractivity contribution < 1.29 is 9.21 Å². The zero-order valence-corrected chi connectivity index (χ0v) is 12.0. The van der Waals surface area contributed by atoms with Gasteiger partial charge in [-0.3, -0.25) is 14.2 Å². The van der Waals surface area contributed by atoms with Gasteiger partial charge in [0.2, 0.25) is 5.78 Å². The SMILES string of the molecule is Cc1sc(=O)n(CC(=O)c2cc3ccccc3o2)c1C. The van der Waals surface area contributed by atoms with Gasteiger partial charge in [-0.15, -0.1) is 0 Å². The highest BCUT2D eigenvalue weighted by molar-refractivity contribution is 7.09. The number of hydrogen-bond acceptors (Lipinski definition) is 4. The molecule has 0 saturated heterocycles. The predicted molar refractivity (Wildman–Crippen MR) is 78.6 cm³/mol. The van der Waals surface area contributed by atoms with Crippen LogP contribution in [0.1, 0.15) is 21.1 Å². The fourth-order valence-electron chi connectivity index (χ4n) is 2.11. The molecule has 2 aromatic heterocycles. The number of para-hydroxylation sites is 1. The fraction of sp³-hybridized carbons (Fsp3) is 0.200. The van der Waals surface area contributed by atoms with E-state index in [-0.39, 0.29) is 17.2 Å². The molecule has 0 atom stereocenters. The molecule has 0 N–H and O–H groups in total. The molecular formula is C15H13NO3S. The quantitative estimate of drug-likeness (QED) is 0.695. The van der Waals surface area contributed by atoms with Gasteiger partial charge < -0.3 is 4.42 Å². The molecule has 0 spiro atoms. The van der Waals surface area contributed by atoms with Crippen LogP contribution in [0.4, 0.5) is 0 Å². The number of thiazole rings is 1. The molecule has 1 aromatic carbocycles. The molecule has 0 aliphatic heterocycles. The second-order valence-electron chi connectivity index (χ2n) is 4.67. The summed E-state index contributed by atoms with van der Waals surface area (Å²) in [5.41, 5.74) is 1.52. The number of carbonyl (C=O) groups is 1. The topological polar surface area (TPSA) is 52.2 Å². The lowest BCUT2D eigenvalue weighted by molar-refractivity contribution is 0.0945. The number of ketones is 1. The highest BCUT2D eigenvalue weighted by atomic mass is 32.1. The maximum atomic E-state index is 12.2. The first-order chi connectivity index (χ1) is 9.56. The molecule has 0 bridgehead atoms. The van der Waals surface area contributed by atoms with Crippen LogP contribution >= 0.6 is 11.3 Å². The number of aryl methyl sites for hydroxylation is 1. The first-order valence-corrected chi connectivity index (χ1v) is 7.06. The van der Waals surface area contributed by atoms with Gasteiger partial charge in [0, 0.05) is 16.0 Å². The van der Waals surface area contributed by atoms with Crippen LogP contribution in [0.3, 0.4) is 0 Å². The summed E-state index contributed by atoms with van der Waals surface area (Å²) < 4.78 is 7.02. The third-order valence-electron chi connectivity index (χ3n) is 3.38. The minimum atomic E-state index is -0.191. The van der Waals surface area contributed by atoms with Gasteiger partial charge in [0.05, 0.1) is 6.54 Å². The Morgan fingerprint density at radius 3 is 2.70 bits per heavy atom. The maximum absolute atomic E-state index is 12.2. The Kier molecular flexibility index (Phi) is 3.06. The number of aromatic nitrogens is 1. The minimum Gasteiger partial charge on any atom is -0.453 e. The van der Waals surface area contributed by atoms with Crippen molar-refractivity contribution in [3.8, 4) is 0 Å². The normalized spacial score (nSPS) is 11.1. The predicted octanol–water partition coefficient (Wildman–Crippen LogP) is 3.16. The summed E-state index contributed by atoms with van der Waals surface area (Å²) in [6, 6.07) is 9.18. The molecule has 0 aliphatic rings. The Labute approximate surface area is 119 Å². The van der Waals surface area contributed by atoms with Crippen molar-refractivity contribution in [2.45, 2.75) is 20.4 Å². The summed E-state index contributed by atoms with van der Waals surface area (Å²) in [6.07, 6.45) is 0. The van der Waals surface area contributed by atoms with Gasteiger partial charge in [-0.1, -0.05) is 29.5 Å². The van der Waals surface area contributed by atoms with E-state index >= 15 is 0 Å². The molecule has 0 fully saturated rings. The Morgan fingerprint density at radius 1 is 1.30 bits per heavy atom. The zero-order valence-electron chi connectivity index (χ0n) is 11.2. The number of benzene rings is 1. The number of rotatable bonds is 3. The standard InChI is InChI=1S/C15H13NO3S/c1-9-10(2)20-15(18)16(9)8-12(17)14-7-11-5-3-4-6-13(11)19-14/h3-7H,8H2,1-2H3. The first-order valence-electron chi connectivity index (χ1n) is 6.25. The number of carbonyl (C=O) groups excluding carboxylic acids is 1. The van der Waals surface area contributed by atoms with Crippen LogP contribution in [0.25, 0.3) is 11.0 Å². The van der Waals surface area contributed by atoms with Gasteiger partial charge in [0.1, 0.15) is 5.58 Å². The summed E-state index contributed by atoms with van der Waals surface area (Å²) >= 11 is 1.16. The summed E-state index contributed by atoms with van der Waals surface area (Å²) in [4.78, 5) is 24.9. The van der Waals surface area contributed by atoms with E-state index in [1.165, 1.54) is 4.57 Å². The van der Waals surface area contributed by atoms with Crippen molar-refractivity contribution in [3.05, 3.63) is 56.3 Å². The van der Waals surface area contributed by atoms with Gasteiger partial charge in [-0.2, -0.15) is 0 Å². The number of fused-ring (bicyclic) bond motifs is 1. The van der Waals surface area contributed by atoms with Crippen LogP contribution in [0.2, 0.25) is 0 Å². The lowest BCUT2D eigenvalue weighted by Gasteiger charge is -2.02. The van der Waals surface area contributed by atoms with Crippen LogP contribution in [-0.4, -0.2) is 10.4 Å². The van der Waals surface area contributed by atoms with Crippen LogP contribution in [0, 0.1) is 13.8 Å². The number of nitrogens with zero attached hydrogens (tertiary/aromatic N) is 1. The number of Topliss-reactive ketones (excluding diaryl/α,β-unsaturated/α-hetero) is 1. The fourth-order valence-corrected chi connectivity index (χ4v) is 2.94. The number of furan rings is 1. The third kappa shape index (κ3) is 2.10. The Morgan fingerprint density at radius 2 is 2.05 bits per heavy atom. The van der Waals surface area contributed by atoms with Crippen LogP contribution in [0.15, 0.2) is 39.5 Å². The van der Waals surface area contributed by atoms with Gasteiger partial charge in [-0.25, -0.2) is 0 Å². The molecule has 0 aliphatic carbocycles. The zero-order chi connectivity index (χ0) is 14.3. The van der Waals surface area contributed by atoms with Crippen molar-refractivity contribution in [3.63, 3.8) is 0 Å². The molecule has 3 aromatic rings. The first kappa shape index (κ1) is 12.9. The molecule has 3 rings (SSSR count). The number of hydrogen-bond donors (Lipinski definition) is 0. The van der Waals surface area contributed by atoms with Gasteiger partial charge in [-0.05, 0) is 26.0 Å². The average Bonchev–Trinajstić information content (AvgIpc) is 2.95. The van der Waals surface area contributed by atoms with Crippen LogP contribution in [0.5, 0.6) is 0 Å². The van der Waals surface area contributed by atoms with E-state index in [0.29, 0.717) is 11.3 Å². The molecule has 102 valence electrons. The van der Waals surface area contributed by atoms with Gasteiger partial charge in [0.15, 0.2) is 5.76 Å². The van der Waals surface area contributed by atoms with E-state index in [2.05, 4.69) is 0 Å². The Balaban J connectivity index is 1.95. The van der Waals surface area contributed by atoms with Crippen molar-refractivity contribution in [2.75, 3.05) is 0 Å². The lowest BCUT2D eigenvalue weighted by atomic mass is 10.2. The largest absolute Gasteiger partial charge is 0.453 e. The van der Waals surface area contributed by atoms with E-state index in [0.717, 1.165) is 27.3 Å². The molecular weight excluding hydrogens is 274 g/mol. The molecule has 0 radical (unpaired) electrons. The molecule has 20 heavy (non-hydrogen) atoms. The van der Waals surface area contributed by atoms with Gasteiger partial charge in [0.25, 0.3) is 0 Å². The Hall–Kier alpha value is -2.14. The summed E-state index contributed by atoms with van der Waals surface area (Å²) in [5.74, 6) is 0.102. The van der Waals surface area contributed by atoms with E-state index in [4.69, 9.17) is 4.42 Å².